The van der Waals surface area contributed by atoms with Gasteiger partial charge in [-0.3, -0.25) is 9.36 Å². The number of rotatable bonds is 6. The molecule has 0 aromatic carbocycles. The van der Waals surface area contributed by atoms with Gasteiger partial charge in [-0.05, 0) is 33.6 Å². The van der Waals surface area contributed by atoms with Gasteiger partial charge in [0.05, 0.1) is 5.69 Å². The Morgan fingerprint density at radius 1 is 1.14 bits per heavy atom. The number of aryl methyl sites for hydroxylation is 2. The van der Waals surface area contributed by atoms with E-state index in [9.17, 15) is 0 Å². The summed E-state index contributed by atoms with van der Waals surface area (Å²) in [5.74, 6) is 1.54. The topological polar surface area (TPSA) is 47.7 Å². The number of hydrogen-bond acceptors (Lipinski definition) is 3. The van der Waals surface area contributed by atoms with Crippen LogP contribution in [0.25, 0.3) is 0 Å². The molecular formula is C16H28ClN5. The van der Waals surface area contributed by atoms with Gasteiger partial charge in [0.1, 0.15) is 5.82 Å². The van der Waals surface area contributed by atoms with Crippen molar-refractivity contribution in [3.8, 4) is 0 Å². The van der Waals surface area contributed by atoms with E-state index >= 15 is 0 Å². The zero-order chi connectivity index (χ0) is 15.6. The second-order valence-corrected chi connectivity index (χ2v) is 6.41. The van der Waals surface area contributed by atoms with Crippen molar-refractivity contribution >= 4 is 18.2 Å². The summed E-state index contributed by atoms with van der Waals surface area (Å²) in [6, 6.07) is 2.50. The fourth-order valence-electron chi connectivity index (χ4n) is 2.27. The lowest BCUT2D eigenvalue weighted by Gasteiger charge is -2.06. The van der Waals surface area contributed by atoms with Crippen LogP contribution in [0.3, 0.4) is 0 Å². The molecule has 2 rings (SSSR count). The van der Waals surface area contributed by atoms with Crippen molar-refractivity contribution in [1.29, 1.82) is 0 Å². The number of halogens is 1. The van der Waals surface area contributed by atoms with Crippen molar-refractivity contribution in [2.45, 2.75) is 60.7 Å². The van der Waals surface area contributed by atoms with Crippen LogP contribution >= 0.6 is 12.4 Å². The fraction of sp³-hybridized carbons (Fsp3) is 0.625. The van der Waals surface area contributed by atoms with E-state index in [1.807, 2.05) is 4.68 Å². The van der Waals surface area contributed by atoms with Gasteiger partial charge < -0.3 is 5.32 Å². The molecule has 22 heavy (non-hydrogen) atoms. The van der Waals surface area contributed by atoms with Crippen LogP contribution in [0.1, 0.15) is 50.7 Å². The normalized spacial score (nSPS) is 11.1. The molecule has 5 nitrogen and oxygen atoms in total. The van der Waals surface area contributed by atoms with E-state index in [0.717, 1.165) is 24.6 Å². The highest BCUT2D eigenvalue weighted by Crippen LogP contribution is 2.15. The first-order valence-corrected chi connectivity index (χ1v) is 7.69. The molecule has 0 saturated heterocycles. The van der Waals surface area contributed by atoms with Gasteiger partial charge in [0.15, 0.2) is 0 Å². The van der Waals surface area contributed by atoms with Crippen molar-refractivity contribution in [1.82, 2.24) is 19.6 Å². The smallest absolute Gasteiger partial charge is 0.148 e. The molecule has 2 heterocycles. The van der Waals surface area contributed by atoms with Crippen LogP contribution in [0, 0.1) is 19.8 Å². The van der Waals surface area contributed by atoms with E-state index in [4.69, 9.17) is 0 Å². The van der Waals surface area contributed by atoms with E-state index in [-0.39, 0.29) is 12.4 Å². The molecule has 0 fully saturated rings. The molecule has 0 aliphatic heterocycles. The van der Waals surface area contributed by atoms with Crippen LogP contribution in [0.15, 0.2) is 12.3 Å². The predicted octanol–water partition coefficient (Wildman–Crippen LogP) is 3.97. The summed E-state index contributed by atoms with van der Waals surface area (Å²) in [5.41, 5.74) is 3.50. The Morgan fingerprint density at radius 3 is 2.36 bits per heavy atom. The number of nitrogens with one attached hydrogen (secondary N) is 1. The average Bonchev–Trinajstić information content (AvgIpc) is 2.91. The van der Waals surface area contributed by atoms with Crippen LogP contribution in [0.4, 0.5) is 5.82 Å². The molecule has 0 bridgehead atoms. The summed E-state index contributed by atoms with van der Waals surface area (Å²) < 4.78 is 4.08. The maximum Gasteiger partial charge on any atom is 0.148 e. The van der Waals surface area contributed by atoms with E-state index in [1.165, 1.54) is 11.3 Å². The third kappa shape index (κ3) is 4.50. The molecule has 0 aliphatic rings. The Morgan fingerprint density at radius 2 is 1.82 bits per heavy atom. The van der Waals surface area contributed by atoms with E-state index in [2.05, 4.69) is 74.0 Å². The molecule has 0 radical (unpaired) electrons. The first-order chi connectivity index (χ1) is 9.86. The Labute approximate surface area is 139 Å². The van der Waals surface area contributed by atoms with Gasteiger partial charge in [0.2, 0.25) is 0 Å². The average molecular weight is 326 g/mol. The summed E-state index contributed by atoms with van der Waals surface area (Å²) in [5, 5.41) is 12.6. The van der Waals surface area contributed by atoms with Gasteiger partial charge in [-0.25, -0.2) is 0 Å². The minimum Gasteiger partial charge on any atom is -0.364 e. The fourth-order valence-corrected chi connectivity index (χ4v) is 2.27. The maximum absolute atomic E-state index is 4.61. The Balaban J connectivity index is 0.00000242. The van der Waals surface area contributed by atoms with Crippen molar-refractivity contribution in [3.63, 3.8) is 0 Å². The minimum absolute atomic E-state index is 0. The van der Waals surface area contributed by atoms with Crippen LogP contribution in [0.2, 0.25) is 0 Å². The maximum atomic E-state index is 4.61. The molecule has 124 valence electrons. The third-order valence-electron chi connectivity index (χ3n) is 3.53. The highest BCUT2D eigenvalue weighted by Gasteiger charge is 2.09. The van der Waals surface area contributed by atoms with Crippen molar-refractivity contribution in [2.24, 2.45) is 5.92 Å². The molecule has 0 atom stereocenters. The van der Waals surface area contributed by atoms with Gasteiger partial charge in [-0.15, -0.1) is 12.4 Å². The van der Waals surface area contributed by atoms with E-state index < -0.39 is 0 Å². The van der Waals surface area contributed by atoms with Crippen LogP contribution in [-0.4, -0.2) is 19.6 Å². The van der Waals surface area contributed by atoms with Crippen LogP contribution in [-0.2, 0) is 13.1 Å². The van der Waals surface area contributed by atoms with Gasteiger partial charge in [0, 0.05) is 42.7 Å². The number of hydrogen-bond donors (Lipinski definition) is 1. The molecule has 6 heteroatoms. The molecule has 2 aromatic rings. The standard InChI is InChI=1S/C16H27N5.ClH/c1-11(2)9-21-13(5)7-16(19-21)17-8-15-10-20(12(3)4)18-14(15)6;/h7,10-12H,8-9H2,1-6H3,(H,17,19);1H. The Kier molecular flexibility index (Phi) is 6.48. The second-order valence-electron chi connectivity index (χ2n) is 6.41. The Bertz CT molecular complexity index is 598. The SMILES string of the molecule is Cc1nn(C(C)C)cc1CNc1cc(C)n(CC(C)C)n1.Cl. The molecule has 0 amide bonds. The first-order valence-electron chi connectivity index (χ1n) is 7.69. The summed E-state index contributed by atoms with van der Waals surface area (Å²) in [7, 11) is 0. The molecule has 0 spiro atoms. The summed E-state index contributed by atoms with van der Waals surface area (Å²) in [6.07, 6.45) is 2.12. The van der Waals surface area contributed by atoms with Crippen molar-refractivity contribution in [3.05, 3.63) is 29.2 Å². The number of anilines is 1. The zero-order valence-corrected chi connectivity index (χ0v) is 15.2. The van der Waals surface area contributed by atoms with Gasteiger partial charge in [0.25, 0.3) is 0 Å². The summed E-state index contributed by atoms with van der Waals surface area (Å²) in [6.45, 7) is 14.6. The molecule has 0 unspecified atom stereocenters. The molecule has 0 saturated carbocycles. The molecular weight excluding hydrogens is 298 g/mol. The molecule has 1 N–H and O–H groups in total. The van der Waals surface area contributed by atoms with Crippen molar-refractivity contribution in [2.75, 3.05) is 5.32 Å². The highest BCUT2D eigenvalue weighted by atomic mass is 35.5. The zero-order valence-electron chi connectivity index (χ0n) is 14.4. The third-order valence-corrected chi connectivity index (χ3v) is 3.53. The summed E-state index contributed by atoms with van der Waals surface area (Å²) >= 11 is 0. The largest absolute Gasteiger partial charge is 0.364 e. The van der Waals surface area contributed by atoms with Gasteiger partial charge in [-0.1, -0.05) is 13.8 Å². The Hall–Kier alpha value is -1.49. The predicted molar refractivity (Wildman–Crippen MR) is 93.7 cm³/mol. The second kappa shape index (κ2) is 7.68. The van der Waals surface area contributed by atoms with Crippen molar-refractivity contribution < 1.29 is 0 Å². The van der Waals surface area contributed by atoms with Crippen LogP contribution in [0.5, 0.6) is 0 Å². The van der Waals surface area contributed by atoms with Gasteiger partial charge in [-0.2, -0.15) is 10.2 Å². The molecule has 0 aliphatic carbocycles. The van der Waals surface area contributed by atoms with Gasteiger partial charge >= 0.3 is 0 Å². The highest BCUT2D eigenvalue weighted by molar-refractivity contribution is 5.85. The van der Waals surface area contributed by atoms with E-state index in [1.54, 1.807) is 0 Å². The quantitative estimate of drug-likeness (QED) is 0.874. The van der Waals surface area contributed by atoms with Crippen LogP contribution < -0.4 is 5.32 Å². The monoisotopic (exact) mass is 325 g/mol. The lowest BCUT2D eigenvalue weighted by Crippen LogP contribution is -2.08. The lowest BCUT2D eigenvalue weighted by atomic mass is 10.2. The first kappa shape index (κ1) is 18.6. The summed E-state index contributed by atoms with van der Waals surface area (Å²) in [4.78, 5) is 0. The van der Waals surface area contributed by atoms with E-state index in [0.29, 0.717) is 12.0 Å². The number of nitrogens with zero attached hydrogens (tertiary/aromatic N) is 4. The molecule has 2 aromatic heterocycles. The lowest BCUT2D eigenvalue weighted by molar-refractivity contribution is 0.475. The number of aromatic nitrogens is 4. The minimum atomic E-state index is 0.